The van der Waals surface area contributed by atoms with Crippen LogP contribution in [0.4, 0.5) is 0 Å². The Kier molecular flexibility index (Phi) is 6.03. The third kappa shape index (κ3) is 4.39. The van der Waals surface area contributed by atoms with Gasteiger partial charge in [0.15, 0.2) is 4.96 Å². The smallest absolute Gasteiger partial charge is 0.271 e. The third-order valence-corrected chi connectivity index (χ3v) is 6.14. The second-order valence-electron chi connectivity index (χ2n) is 7.37. The highest BCUT2D eigenvalue weighted by Gasteiger charge is 2.26. The molecule has 3 aromatic rings. The van der Waals surface area contributed by atoms with Crippen LogP contribution in [-0.4, -0.2) is 64.9 Å². The van der Waals surface area contributed by atoms with Gasteiger partial charge in [0.25, 0.3) is 11.5 Å². The molecule has 1 unspecified atom stereocenters. The maximum Gasteiger partial charge on any atom is 0.271 e. The number of amides is 1. The molecule has 0 radical (unpaired) electrons. The van der Waals surface area contributed by atoms with E-state index >= 15 is 0 Å². The molecule has 1 N–H and O–H groups in total. The molecule has 1 aromatic carbocycles. The van der Waals surface area contributed by atoms with Gasteiger partial charge in [-0.15, -0.1) is 11.3 Å². The number of carbonyl (C=O) groups is 1. The van der Waals surface area contributed by atoms with Gasteiger partial charge in [0.05, 0.1) is 0 Å². The summed E-state index contributed by atoms with van der Waals surface area (Å²) in [5, 5.41) is 4.66. The molecule has 7 nitrogen and oxygen atoms in total. The molecule has 29 heavy (non-hydrogen) atoms. The molecule has 0 bridgehead atoms. The van der Waals surface area contributed by atoms with Crippen LogP contribution in [0.15, 0.2) is 52.9 Å². The van der Waals surface area contributed by atoms with E-state index in [1.807, 2.05) is 6.07 Å². The van der Waals surface area contributed by atoms with Crippen molar-refractivity contribution in [2.24, 2.45) is 0 Å². The van der Waals surface area contributed by atoms with Crippen LogP contribution in [0, 0.1) is 0 Å². The Balaban J connectivity index is 1.33. The molecule has 0 saturated carbocycles. The number of thiazole rings is 1. The van der Waals surface area contributed by atoms with Crippen LogP contribution in [-0.2, 0) is 0 Å². The highest BCUT2D eigenvalue weighted by atomic mass is 32.1. The summed E-state index contributed by atoms with van der Waals surface area (Å²) in [4.78, 5) is 34.4. The number of nitrogens with zero attached hydrogens (tertiary/aromatic N) is 4. The molecule has 4 rings (SSSR count). The molecule has 1 saturated heterocycles. The number of nitrogens with one attached hydrogen (secondary N) is 1. The molecule has 1 amide bonds. The molecule has 0 aliphatic carbocycles. The van der Waals surface area contributed by atoms with Crippen molar-refractivity contribution in [2.45, 2.75) is 12.5 Å². The monoisotopic (exact) mass is 411 g/mol. The summed E-state index contributed by atoms with van der Waals surface area (Å²) in [5.41, 5.74) is 1.09. The predicted octanol–water partition coefficient (Wildman–Crippen LogP) is 1.86. The number of likely N-dealkylation sites (N-methyl/N-ethyl adjacent to an activating group) is 1. The molecule has 1 fully saturated rings. The van der Waals surface area contributed by atoms with Crippen molar-refractivity contribution in [1.82, 2.24) is 24.5 Å². The van der Waals surface area contributed by atoms with E-state index in [1.165, 1.54) is 27.5 Å². The molecule has 152 valence electrons. The van der Waals surface area contributed by atoms with Gasteiger partial charge in [0.1, 0.15) is 5.56 Å². The lowest BCUT2D eigenvalue weighted by atomic mass is 10.0. The second-order valence-corrected chi connectivity index (χ2v) is 8.24. The zero-order valence-electron chi connectivity index (χ0n) is 16.5. The summed E-state index contributed by atoms with van der Waals surface area (Å²) in [6.07, 6.45) is 3.84. The highest BCUT2D eigenvalue weighted by Crippen LogP contribution is 2.24. The minimum atomic E-state index is -0.360. The molecule has 3 heterocycles. The maximum atomic E-state index is 12.4. The first-order valence-electron chi connectivity index (χ1n) is 9.84. The lowest BCUT2D eigenvalue weighted by Gasteiger charge is -2.40. The number of aromatic nitrogens is 2. The number of hydrogen-bond donors (Lipinski definition) is 1. The van der Waals surface area contributed by atoms with Crippen molar-refractivity contribution in [3.8, 4) is 0 Å². The van der Waals surface area contributed by atoms with Crippen LogP contribution in [0.1, 0.15) is 28.4 Å². The first-order chi connectivity index (χ1) is 14.1. The fourth-order valence-corrected chi connectivity index (χ4v) is 4.45. The summed E-state index contributed by atoms with van der Waals surface area (Å²) in [7, 11) is 2.16. The summed E-state index contributed by atoms with van der Waals surface area (Å²) in [5.74, 6) is -0.360. The van der Waals surface area contributed by atoms with Crippen LogP contribution >= 0.6 is 11.3 Å². The van der Waals surface area contributed by atoms with Crippen LogP contribution in [0.5, 0.6) is 0 Å². The Morgan fingerprint density at radius 1 is 1.28 bits per heavy atom. The summed E-state index contributed by atoms with van der Waals surface area (Å²) in [6, 6.07) is 10.9. The average Bonchev–Trinajstić information content (AvgIpc) is 3.22. The van der Waals surface area contributed by atoms with Crippen LogP contribution < -0.4 is 10.9 Å². The van der Waals surface area contributed by atoms with Gasteiger partial charge in [-0.1, -0.05) is 30.3 Å². The van der Waals surface area contributed by atoms with Crippen molar-refractivity contribution in [2.75, 3.05) is 39.8 Å². The second kappa shape index (κ2) is 8.86. The standard InChI is InChI=1S/C21H25N5O2S/c1-24-10-11-25(18(15-24)16-6-3-2-4-7-16)9-5-8-22-19(27)17-14-23-21-26(20(17)28)12-13-29-21/h2-4,6-7,12-14,18H,5,8-11,15H2,1H3,(H,22,27). The SMILES string of the molecule is CN1CCN(CCCNC(=O)c2cnc3sccn3c2=O)C(c2ccccc2)C1. The van der Waals surface area contributed by atoms with E-state index in [0.717, 1.165) is 32.6 Å². The summed E-state index contributed by atoms with van der Waals surface area (Å²) < 4.78 is 1.41. The van der Waals surface area contributed by atoms with Gasteiger partial charge in [0, 0.05) is 56.5 Å². The molecule has 1 aliphatic heterocycles. The predicted molar refractivity (Wildman–Crippen MR) is 115 cm³/mol. The Labute approximate surface area is 173 Å². The molecular formula is C21H25N5O2S. The lowest BCUT2D eigenvalue weighted by Crippen LogP contribution is -2.47. The van der Waals surface area contributed by atoms with Crippen molar-refractivity contribution in [1.29, 1.82) is 0 Å². The van der Waals surface area contributed by atoms with Gasteiger partial charge in [-0.3, -0.25) is 18.9 Å². The Bertz CT molecular complexity index is 1030. The molecule has 0 spiro atoms. The molecule has 2 aromatic heterocycles. The Morgan fingerprint density at radius 3 is 2.93 bits per heavy atom. The van der Waals surface area contributed by atoms with Gasteiger partial charge in [-0.25, -0.2) is 4.98 Å². The summed E-state index contributed by atoms with van der Waals surface area (Å²) in [6.45, 7) is 4.47. The van der Waals surface area contributed by atoms with Crippen molar-refractivity contribution < 1.29 is 4.79 Å². The van der Waals surface area contributed by atoms with Crippen LogP contribution in [0.3, 0.4) is 0 Å². The van der Waals surface area contributed by atoms with E-state index < -0.39 is 0 Å². The number of rotatable bonds is 6. The zero-order valence-corrected chi connectivity index (χ0v) is 17.3. The quantitative estimate of drug-likeness (QED) is 0.627. The maximum absolute atomic E-state index is 12.4. The fourth-order valence-electron chi connectivity index (χ4n) is 3.78. The summed E-state index contributed by atoms with van der Waals surface area (Å²) >= 11 is 1.37. The minimum Gasteiger partial charge on any atom is -0.352 e. The van der Waals surface area contributed by atoms with Gasteiger partial charge < -0.3 is 10.2 Å². The first kappa shape index (κ1) is 19.8. The fraction of sp³-hybridized carbons (Fsp3) is 0.381. The van der Waals surface area contributed by atoms with E-state index in [-0.39, 0.29) is 17.0 Å². The molecule has 1 atom stereocenters. The Hall–Kier alpha value is -2.55. The Morgan fingerprint density at radius 2 is 2.10 bits per heavy atom. The largest absolute Gasteiger partial charge is 0.352 e. The number of benzene rings is 1. The van der Waals surface area contributed by atoms with E-state index in [2.05, 4.69) is 51.4 Å². The number of fused-ring (bicyclic) bond motifs is 1. The van der Waals surface area contributed by atoms with E-state index in [9.17, 15) is 9.59 Å². The highest BCUT2D eigenvalue weighted by molar-refractivity contribution is 7.15. The molecule has 8 heteroatoms. The molecule has 1 aliphatic rings. The van der Waals surface area contributed by atoms with Crippen LogP contribution in [0.25, 0.3) is 4.96 Å². The lowest BCUT2D eigenvalue weighted by molar-refractivity contribution is 0.0865. The average molecular weight is 412 g/mol. The molecular weight excluding hydrogens is 386 g/mol. The van der Waals surface area contributed by atoms with E-state index in [4.69, 9.17) is 0 Å². The van der Waals surface area contributed by atoms with Crippen molar-refractivity contribution in [3.63, 3.8) is 0 Å². The van der Waals surface area contributed by atoms with Crippen LogP contribution in [0.2, 0.25) is 0 Å². The van der Waals surface area contributed by atoms with Crippen molar-refractivity contribution >= 4 is 22.2 Å². The number of hydrogen-bond acceptors (Lipinski definition) is 6. The van der Waals surface area contributed by atoms with Gasteiger partial charge >= 0.3 is 0 Å². The van der Waals surface area contributed by atoms with Gasteiger partial charge in [-0.05, 0) is 19.0 Å². The zero-order chi connectivity index (χ0) is 20.2. The topological polar surface area (TPSA) is 69.9 Å². The van der Waals surface area contributed by atoms with Gasteiger partial charge in [0.2, 0.25) is 0 Å². The van der Waals surface area contributed by atoms with E-state index in [0.29, 0.717) is 17.5 Å². The number of piperazine rings is 1. The normalized spacial score (nSPS) is 18.2. The number of carbonyl (C=O) groups excluding carboxylic acids is 1. The third-order valence-electron chi connectivity index (χ3n) is 5.37. The first-order valence-corrected chi connectivity index (χ1v) is 10.7. The minimum absolute atomic E-state index is 0.0858. The van der Waals surface area contributed by atoms with Gasteiger partial charge in [-0.2, -0.15) is 0 Å². The van der Waals surface area contributed by atoms with Crippen molar-refractivity contribution in [3.05, 3.63) is 69.6 Å². The van der Waals surface area contributed by atoms with E-state index in [1.54, 1.807) is 11.6 Å².